The molecule has 6 nitrogen and oxygen atoms in total. The molecular weight excluding hydrogens is 321 g/mol. The Morgan fingerprint density at radius 1 is 1.24 bits per heavy atom. The van der Waals surface area contributed by atoms with Crippen molar-refractivity contribution in [3.63, 3.8) is 0 Å². The Morgan fingerprint density at radius 2 is 1.88 bits per heavy atom. The molecule has 0 amide bonds. The summed E-state index contributed by atoms with van der Waals surface area (Å²) in [6, 6.07) is 7.52. The summed E-state index contributed by atoms with van der Waals surface area (Å²) >= 11 is 0. The van der Waals surface area contributed by atoms with Crippen LogP contribution in [0.25, 0.3) is 0 Å². The van der Waals surface area contributed by atoms with Crippen molar-refractivity contribution < 1.29 is 23.6 Å². The molecule has 0 bridgehead atoms. The first-order chi connectivity index (χ1) is 11.8. The quantitative estimate of drug-likeness (QED) is 0.621. The summed E-state index contributed by atoms with van der Waals surface area (Å²) in [5, 5.41) is 0. The Bertz CT molecular complexity index is 558. The zero-order valence-corrected chi connectivity index (χ0v) is 15.5. The van der Waals surface area contributed by atoms with E-state index in [1.165, 1.54) is 0 Å². The highest BCUT2D eigenvalue weighted by Crippen LogP contribution is 2.23. The van der Waals surface area contributed by atoms with Crippen LogP contribution in [0, 0.1) is 0 Å². The summed E-state index contributed by atoms with van der Waals surface area (Å²) in [4.78, 5) is 12.1. The van der Waals surface area contributed by atoms with Gasteiger partial charge in [-0.2, -0.15) is 0 Å². The first-order valence-electron chi connectivity index (χ1n) is 8.67. The lowest BCUT2D eigenvalue weighted by Crippen LogP contribution is -2.49. The standard InChI is InChI=1S/C18H28BNO5/c1-18(2,3)23-17(21)12-16-11-15(9-10-20)24-19(25-16)13-5-7-14(22-4)8-6-13/h5-8,15-16H,9-12,20H2,1-4H3/t15-,16-/m1/s1. The number of esters is 1. The Kier molecular flexibility index (Phi) is 6.87. The molecule has 1 aromatic carbocycles. The normalized spacial score (nSPS) is 21.1. The molecule has 7 heteroatoms. The fraction of sp³-hybridized carbons (Fsp3) is 0.611. The Morgan fingerprint density at radius 3 is 2.44 bits per heavy atom. The summed E-state index contributed by atoms with van der Waals surface area (Å²) in [6.45, 7) is 6.09. The van der Waals surface area contributed by atoms with Crippen molar-refractivity contribution >= 4 is 18.6 Å². The van der Waals surface area contributed by atoms with E-state index in [9.17, 15) is 4.79 Å². The van der Waals surface area contributed by atoms with Gasteiger partial charge in [0.15, 0.2) is 0 Å². The van der Waals surface area contributed by atoms with Gasteiger partial charge in [-0.05, 0) is 57.8 Å². The van der Waals surface area contributed by atoms with Gasteiger partial charge in [0.25, 0.3) is 0 Å². The fourth-order valence-electron chi connectivity index (χ4n) is 2.78. The molecule has 0 unspecified atom stereocenters. The number of rotatable bonds is 6. The molecule has 25 heavy (non-hydrogen) atoms. The number of ether oxygens (including phenoxy) is 2. The van der Waals surface area contributed by atoms with Crippen molar-refractivity contribution in [1.82, 2.24) is 0 Å². The third-order valence-electron chi connectivity index (χ3n) is 3.85. The second-order valence-corrected chi connectivity index (χ2v) is 7.22. The van der Waals surface area contributed by atoms with E-state index in [0.717, 1.165) is 17.6 Å². The van der Waals surface area contributed by atoms with Crippen LogP contribution in [0.1, 0.15) is 40.0 Å². The molecule has 1 fully saturated rings. The third-order valence-corrected chi connectivity index (χ3v) is 3.85. The van der Waals surface area contributed by atoms with E-state index in [-0.39, 0.29) is 24.6 Å². The lowest BCUT2D eigenvalue weighted by atomic mass is 9.76. The fourth-order valence-corrected chi connectivity index (χ4v) is 2.78. The summed E-state index contributed by atoms with van der Waals surface area (Å²) < 4.78 is 22.6. The maximum atomic E-state index is 12.1. The van der Waals surface area contributed by atoms with E-state index in [1.807, 2.05) is 45.0 Å². The first-order valence-corrected chi connectivity index (χ1v) is 8.67. The van der Waals surface area contributed by atoms with E-state index < -0.39 is 12.7 Å². The third kappa shape index (κ3) is 6.34. The van der Waals surface area contributed by atoms with Gasteiger partial charge in [-0.1, -0.05) is 12.1 Å². The maximum Gasteiger partial charge on any atom is 0.494 e. The molecule has 138 valence electrons. The van der Waals surface area contributed by atoms with E-state index in [4.69, 9.17) is 24.5 Å². The lowest BCUT2D eigenvalue weighted by Gasteiger charge is -2.34. The summed E-state index contributed by atoms with van der Waals surface area (Å²) in [5.41, 5.74) is 6.06. The van der Waals surface area contributed by atoms with Gasteiger partial charge in [-0.25, -0.2) is 0 Å². The van der Waals surface area contributed by atoms with Gasteiger partial charge in [0, 0.05) is 6.10 Å². The number of hydrogen-bond donors (Lipinski definition) is 1. The van der Waals surface area contributed by atoms with Gasteiger partial charge in [-0.3, -0.25) is 4.79 Å². The smallest absolute Gasteiger partial charge is 0.494 e. The summed E-state index contributed by atoms with van der Waals surface area (Å²) in [6.07, 6.45) is 1.25. The van der Waals surface area contributed by atoms with Crippen molar-refractivity contribution in [3.8, 4) is 5.75 Å². The average Bonchev–Trinajstić information content (AvgIpc) is 2.53. The molecule has 1 aliphatic rings. The largest absolute Gasteiger partial charge is 0.497 e. The molecule has 0 aromatic heterocycles. The second-order valence-electron chi connectivity index (χ2n) is 7.22. The van der Waals surface area contributed by atoms with Gasteiger partial charge < -0.3 is 24.5 Å². The van der Waals surface area contributed by atoms with Gasteiger partial charge in [0.2, 0.25) is 0 Å². The molecule has 1 saturated heterocycles. The van der Waals surface area contributed by atoms with Crippen LogP contribution in [0.4, 0.5) is 0 Å². The van der Waals surface area contributed by atoms with Gasteiger partial charge in [0.05, 0.1) is 19.6 Å². The number of hydrogen-bond acceptors (Lipinski definition) is 6. The van der Waals surface area contributed by atoms with Gasteiger partial charge >= 0.3 is 13.1 Å². The maximum absolute atomic E-state index is 12.1. The summed E-state index contributed by atoms with van der Waals surface area (Å²) in [5.74, 6) is 0.503. The van der Waals surface area contributed by atoms with E-state index in [0.29, 0.717) is 13.0 Å². The molecule has 0 radical (unpaired) electrons. The molecule has 1 heterocycles. The highest BCUT2D eigenvalue weighted by atomic mass is 16.6. The van der Waals surface area contributed by atoms with Crippen molar-refractivity contribution in [2.24, 2.45) is 5.73 Å². The molecule has 0 spiro atoms. The minimum atomic E-state index is -0.524. The van der Waals surface area contributed by atoms with Crippen LogP contribution in [0.3, 0.4) is 0 Å². The first kappa shape index (κ1) is 19.8. The highest BCUT2D eigenvalue weighted by Gasteiger charge is 2.36. The van der Waals surface area contributed by atoms with Crippen LogP contribution in [-0.4, -0.2) is 44.6 Å². The topological polar surface area (TPSA) is 80.0 Å². The van der Waals surface area contributed by atoms with Crippen LogP contribution >= 0.6 is 0 Å². The minimum absolute atomic E-state index is 0.0433. The number of carbonyl (C=O) groups excluding carboxylic acids is 1. The number of nitrogens with two attached hydrogens (primary N) is 1. The minimum Gasteiger partial charge on any atom is -0.497 e. The van der Waals surface area contributed by atoms with Crippen molar-refractivity contribution in [2.45, 2.75) is 57.8 Å². The van der Waals surface area contributed by atoms with Crippen molar-refractivity contribution in [2.75, 3.05) is 13.7 Å². The molecule has 0 aliphatic carbocycles. The zero-order valence-electron chi connectivity index (χ0n) is 15.5. The molecule has 1 aliphatic heterocycles. The molecular formula is C18H28BNO5. The van der Waals surface area contributed by atoms with Crippen LogP contribution in [0.5, 0.6) is 5.75 Å². The van der Waals surface area contributed by atoms with Crippen molar-refractivity contribution in [1.29, 1.82) is 0 Å². The van der Waals surface area contributed by atoms with E-state index >= 15 is 0 Å². The molecule has 2 atom stereocenters. The summed E-state index contributed by atoms with van der Waals surface area (Å²) in [7, 11) is 1.10. The monoisotopic (exact) mass is 349 g/mol. The molecule has 1 aromatic rings. The SMILES string of the molecule is COc1ccc(B2O[C@H](CCN)C[C@H](CC(=O)OC(C)(C)C)O2)cc1. The Hall–Kier alpha value is -1.57. The van der Waals surface area contributed by atoms with E-state index in [1.54, 1.807) is 7.11 Å². The second kappa shape index (κ2) is 8.69. The number of methoxy groups -OCH3 is 1. The highest BCUT2D eigenvalue weighted by molar-refractivity contribution is 6.61. The number of carbonyl (C=O) groups is 1. The van der Waals surface area contributed by atoms with Crippen LogP contribution in [0.2, 0.25) is 0 Å². The van der Waals surface area contributed by atoms with Crippen molar-refractivity contribution in [3.05, 3.63) is 24.3 Å². The lowest BCUT2D eigenvalue weighted by molar-refractivity contribution is -0.157. The van der Waals surface area contributed by atoms with Gasteiger partial charge in [-0.15, -0.1) is 0 Å². The molecule has 0 saturated carbocycles. The zero-order chi connectivity index (χ0) is 18.4. The predicted molar refractivity (Wildman–Crippen MR) is 96.9 cm³/mol. The molecule has 2 rings (SSSR count). The van der Waals surface area contributed by atoms with E-state index in [2.05, 4.69) is 0 Å². The van der Waals surface area contributed by atoms with Gasteiger partial charge in [0.1, 0.15) is 11.4 Å². The number of benzene rings is 1. The Labute approximate surface area is 150 Å². The van der Waals surface area contributed by atoms with Crippen LogP contribution in [0.15, 0.2) is 24.3 Å². The van der Waals surface area contributed by atoms with Crippen LogP contribution in [-0.2, 0) is 18.8 Å². The average molecular weight is 349 g/mol. The predicted octanol–water partition coefficient (Wildman–Crippen LogP) is 1.65. The Balaban J connectivity index is 2.05. The molecule has 2 N–H and O–H groups in total. The van der Waals surface area contributed by atoms with Crippen LogP contribution < -0.4 is 15.9 Å².